The first kappa shape index (κ1) is 77.1. The molecule has 1 rings (SSSR count). The Morgan fingerprint density at radius 2 is 0.859 bits per heavy atom. The van der Waals surface area contributed by atoms with Crippen LogP contribution in [0.25, 0.3) is 0 Å². The highest BCUT2D eigenvalue weighted by atomic mass is 16.3. The summed E-state index contributed by atoms with van der Waals surface area (Å²) in [6, 6.07) is -12.5. The molecule has 6 N–H and O–H groups in total. The lowest BCUT2D eigenvalue weighted by Crippen LogP contribution is -2.63. The van der Waals surface area contributed by atoms with Crippen molar-refractivity contribution in [1.82, 2.24) is 55.6 Å². The van der Waals surface area contributed by atoms with E-state index in [2.05, 4.69) is 21.3 Å². The van der Waals surface area contributed by atoms with Gasteiger partial charge in [-0.2, -0.15) is 0 Å². The zero-order valence-corrected chi connectivity index (χ0v) is 55.8. The fraction of sp³-hybridized carbons (Fsp3) is 0.820. The lowest BCUT2D eigenvalue weighted by molar-refractivity contribution is -0.157. The number of aliphatic hydroxyl groups excluding tert-OH is 2. The quantitative estimate of drug-likeness (QED) is 0.129. The molecule has 11 amide bonds. The third-order valence-corrected chi connectivity index (χ3v) is 16.2. The minimum absolute atomic E-state index is 0.000986. The molecule has 1 fully saturated rings. The standard InChI is InChI=1S/C61H111N11O13/c1-24-42-57(81)66(17)32-47(74)67(18)43(28-33(2)3)54(78)65-48(37(10)11)60(84)68(19)44(29-34(4)5)53(77)62-40(15)52(76)63-41(16)56(80)69(20)45(30-35(6)7)58(82)70(21)46(31-36(8)9)59(83)71(22)49(38(12)13)61(85)72(23)50(55(79)64-42)51(75)39(14)26-25-27-73/h33-46,48-51,73,75H,24-32H2,1-23H3,(H,62,77)(H,63,76)(H,64,79)(H,65,78)/t39?,40-,41+,42-,43-,44-,45-,46-,48-,49-,50?,51?/m0/s1. The second kappa shape index (κ2) is 35.0. The molecule has 0 spiro atoms. The summed E-state index contributed by atoms with van der Waals surface area (Å²) < 4.78 is 0. The molecule has 3 unspecified atom stereocenters. The van der Waals surface area contributed by atoms with Crippen LogP contribution < -0.4 is 21.3 Å². The number of likely N-dealkylation sites (N-methyl/N-ethyl adjacent to an activating group) is 7. The molecule has 0 aliphatic carbocycles. The molecule has 0 bridgehead atoms. The van der Waals surface area contributed by atoms with Gasteiger partial charge in [-0.05, 0) is 100 Å². The summed E-state index contributed by atoms with van der Waals surface area (Å²) in [4.78, 5) is 168. The predicted molar refractivity (Wildman–Crippen MR) is 325 cm³/mol. The Bertz CT molecular complexity index is 2280. The van der Waals surface area contributed by atoms with Crippen LogP contribution in [-0.2, 0) is 52.7 Å². The molecule has 0 saturated carbocycles. The zero-order chi connectivity index (χ0) is 66.0. The number of hydrogen-bond acceptors (Lipinski definition) is 13. The molecular formula is C61H111N11O13. The van der Waals surface area contributed by atoms with Crippen LogP contribution in [0.3, 0.4) is 0 Å². The van der Waals surface area contributed by atoms with Crippen LogP contribution in [0, 0.1) is 41.4 Å². The number of rotatable bonds is 16. The van der Waals surface area contributed by atoms with Crippen LogP contribution in [0.4, 0.5) is 0 Å². The third-order valence-electron chi connectivity index (χ3n) is 16.2. The summed E-state index contributed by atoms with van der Waals surface area (Å²) in [7, 11) is 9.81. The summed E-state index contributed by atoms with van der Waals surface area (Å²) in [6.45, 7) is 27.1. The van der Waals surface area contributed by atoms with Gasteiger partial charge in [-0.25, -0.2) is 0 Å². The van der Waals surface area contributed by atoms with Crippen LogP contribution >= 0.6 is 0 Å². The molecule has 0 aromatic rings. The number of carbonyl (C=O) groups excluding carboxylic acids is 11. The van der Waals surface area contributed by atoms with Crippen molar-refractivity contribution >= 4 is 65.0 Å². The Morgan fingerprint density at radius 3 is 1.31 bits per heavy atom. The highest BCUT2D eigenvalue weighted by molar-refractivity contribution is 5.99. The van der Waals surface area contributed by atoms with E-state index in [0.29, 0.717) is 0 Å². The van der Waals surface area contributed by atoms with Gasteiger partial charge in [-0.3, -0.25) is 52.7 Å². The van der Waals surface area contributed by atoms with Crippen LogP contribution in [0.5, 0.6) is 0 Å². The van der Waals surface area contributed by atoms with E-state index in [9.17, 15) is 53.4 Å². The molecule has 24 nitrogen and oxygen atoms in total. The van der Waals surface area contributed by atoms with Gasteiger partial charge in [0, 0.05) is 55.9 Å². The van der Waals surface area contributed by atoms with Crippen molar-refractivity contribution in [2.75, 3.05) is 62.5 Å². The van der Waals surface area contributed by atoms with E-state index in [1.54, 1.807) is 41.5 Å². The molecule has 1 aliphatic rings. The van der Waals surface area contributed by atoms with E-state index in [1.807, 2.05) is 55.4 Å². The Labute approximate surface area is 508 Å². The monoisotopic (exact) mass is 1210 g/mol. The van der Waals surface area contributed by atoms with E-state index in [4.69, 9.17) is 0 Å². The highest BCUT2D eigenvalue weighted by Gasteiger charge is 2.46. The Hall–Kier alpha value is -5.91. The molecule has 0 aromatic carbocycles. The van der Waals surface area contributed by atoms with Crippen molar-refractivity contribution < 1.29 is 63.0 Å². The van der Waals surface area contributed by atoms with Crippen molar-refractivity contribution in [3.05, 3.63) is 0 Å². The lowest BCUT2D eigenvalue weighted by atomic mass is 9.90. The number of nitrogens with zero attached hydrogens (tertiary/aromatic N) is 7. The minimum atomic E-state index is -1.66. The number of amides is 11. The van der Waals surface area contributed by atoms with Gasteiger partial charge in [0.1, 0.15) is 60.4 Å². The summed E-state index contributed by atoms with van der Waals surface area (Å²) in [6.07, 6.45) is -0.483. The normalized spacial score (nSPS) is 26.8. The third kappa shape index (κ3) is 21.8. The molecule has 1 aliphatic heterocycles. The van der Waals surface area contributed by atoms with Gasteiger partial charge < -0.3 is 65.8 Å². The maximum absolute atomic E-state index is 15.1. The smallest absolute Gasteiger partial charge is 0.246 e. The van der Waals surface area contributed by atoms with E-state index in [1.165, 1.54) is 87.7 Å². The summed E-state index contributed by atoms with van der Waals surface area (Å²) in [5.74, 6) is -10.0. The van der Waals surface area contributed by atoms with E-state index >= 15 is 9.59 Å². The van der Waals surface area contributed by atoms with Gasteiger partial charge in [0.25, 0.3) is 0 Å². The van der Waals surface area contributed by atoms with E-state index in [-0.39, 0.29) is 75.2 Å². The first-order valence-electron chi connectivity index (χ1n) is 30.6. The van der Waals surface area contributed by atoms with Crippen LogP contribution in [0.15, 0.2) is 0 Å². The molecule has 85 heavy (non-hydrogen) atoms. The number of hydrogen-bond donors (Lipinski definition) is 6. The average molecular weight is 1210 g/mol. The van der Waals surface area contributed by atoms with Crippen LogP contribution in [0.2, 0.25) is 0 Å². The molecule has 488 valence electrons. The second-order valence-corrected chi connectivity index (χ2v) is 26.2. The van der Waals surface area contributed by atoms with Crippen molar-refractivity contribution in [1.29, 1.82) is 0 Å². The topological polar surface area (TPSA) is 299 Å². The molecule has 12 atom stereocenters. The fourth-order valence-electron chi connectivity index (χ4n) is 10.8. The maximum Gasteiger partial charge on any atom is 0.246 e. The van der Waals surface area contributed by atoms with Crippen LogP contribution in [0.1, 0.15) is 156 Å². The predicted octanol–water partition coefficient (Wildman–Crippen LogP) is 2.08. The molecule has 24 heteroatoms. The molecule has 0 radical (unpaired) electrons. The number of carbonyl (C=O) groups is 11. The van der Waals surface area contributed by atoms with Gasteiger partial charge in [0.15, 0.2) is 0 Å². The first-order chi connectivity index (χ1) is 39.2. The minimum Gasteiger partial charge on any atom is -0.396 e. The van der Waals surface area contributed by atoms with Crippen molar-refractivity contribution in [2.45, 2.75) is 222 Å². The molecule has 1 saturated heterocycles. The van der Waals surface area contributed by atoms with Gasteiger partial charge >= 0.3 is 0 Å². The van der Waals surface area contributed by atoms with Crippen molar-refractivity contribution in [3.8, 4) is 0 Å². The van der Waals surface area contributed by atoms with Crippen molar-refractivity contribution in [3.63, 3.8) is 0 Å². The number of nitrogens with one attached hydrogen (secondary N) is 4. The maximum atomic E-state index is 15.1. The molecule has 1 heterocycles. The van der Waals surface area contributed by atoms with Gasteiger partial charge in [0.05, 0.1) is 12.6 Å². The van der Waals surface area contributed by atoms with E-state index in [0.717, 1.165) is 9.80 Å². The van der Waals surface area contributed by atoms with Crippen LogP contribution in [-0.4, -0.2) is 238 Å². The molecular weight excluding hydrogens is 1090 g/mol. The second-order valence-electron chi connectivity index (χ2n) is 26.2. The van der Waals surface area contributed by atoms with E-state index < -0.39 is 156 Å². The van der Waals surface area contributed by atoms with Gasteiger partial charge in [-0.1, -0.05) is 96.9 Å². The number of aliphatic hydroxyl groups is 2. The Morgan fingerprint density at radius 1 is 0.447 bits per heavy atom. The lowest BCUT2D eigenvalue weighted by Gasteiger charge is -2.41. The van der Waals surface area contributed by atoms with Crippen molar-refractivity contribution in [2.24, 2.45) is 41.4 Å². The summed E-state index contributed by atoms with van der Waals surface area (Å²) in [5, 5.41) is 32.7. The molecule has 0 aromatic heterocycles. The summed E-state index contributed by atoms with van der Waals surface area (Å²) in [5.41, 5.74) is 0. The van der Waals surface area contributed by atoms with Gasteiger partial charge in [0.2, 0.25) is 65.0 Å². The fourth-order valence-corrected chi connectivity index (χ4v) is 10.8. The summed E-state index contributed by atoms with van der Waals surface area (Å²) >= 11 is 0. The Balaban J connectivity index is 4.31. The largest absolute Gasteiger partial charge is 0.396 e. The SMILES string of the molecule is CC[C@@H]1NC(=O)C(C(O)C(C)CCCO)N(C)C(=O)[C@H](C(C)C)N(C)C(=O)[C@H](CC(C)C)N(C)C(=O)[C@H](CC(C)C)N(C)C(=O)[C@@H](C)NC(=O)[C@H](C)NC(=O)[C@H](CC(C)C)N(C)C(=O)[C@H](C(C)C)NC(=O)[C@H](CC(C)C)N(C)C(=O)CN(C)C1=O. The highest BCUT2D eigenvalue weighted by Crippen LogP contribution is 2.26. The first-order valence-corrected chi connectivity index (χ1v) is 30.6. The zero-order valence-electron chi connectivity index (χ0n) is 55.8. The average Bonchev–Trinajstić information content (AvgIpc) is 2.61. The Kier molecular flexibility index (Phi) is 31.8. The van der Waals surface area contributed by atoms with Gasteiger partial charge in [-0.15, -0.1) is 0 Å².